The van der Waals surface area contributed by atoms with Crippen LogP contribution in [0.25, 0.3) is 0 Å². The van der Waals surface area contributed by atoms with E-state index in [0.717, 1.165) is 6.42 Å². The van der Waals surface area contributed by atoms with Crippen molar-refractivity contribution in [3.05, 3.63) is 12.3 Å². The maximum atomic E-state index is 10.7. The van der Waals surface area contributed by atoms with Crippen LogP contribution in [0.5, 0.6) is 0 Å². The van der Waals surface area contributed by atoms with Crippen LogP contribution in [0.2, 0.25) is 14.8 Å². The average Bonchev–Trinajstić information content (AvgIpc) is 2.43. The van der Waals surface area contributed by atoms with Gasteiger partial charge in [-0.25, -0.2) is 0 Å². The molecule has 0 heterocycles. The van der Waals surface area contributed by atoms with Gasteiger partial charge >= 0.3 is 40.5 Å². The molecule has 4 heteroatoms. The van der Waals surface area contributed by atoms with Gasteiger partial charge in [0.05, 0.1) is 12.0 Å². The molecular weight excluding hydrogens is 387 g/mol. The Morgan fingerprint density at radius 1 is 1.00 bits per heavy atom. The van der Waals surface area contributed by atoms with E-state index in [9.17, 15) is 4.79 Å². The van der Waals surface area contributed by atoms with Crippen LogP contribution in [0.4, 0.5) is 0 Å². The van der Waals surface area contributed by atoms with E-state index in [2.05, 4.69) is 34.4 Å². The predicted octanol–water partition coefficient (Wildman–Crippen LogP) is 5.87. The van der Waals surface area contributed by atoms with Crippen LogP contribution in [0.3, 0.4) is 0 Å². The van der Waals surface area contributed by atoms with Crippen LogP contribution >= 0.6 is 12.6 Å². The molecule has 0 aliphatic rings. The molecule has 0 rings (SSSR count). The second-order valence-electron chi connectivity index (χ2n) is 5.78. The summed E-state index contributed by atoms with van der Waals surface area (Å²) in [5, 5.41) is 0. The summed E-state index contributed by atoms with van der Waals surface area (Å²) in [6.45, 7) is 2.24. The van der Waals surface area contributed by atoms with Gasteiger partial charge in [-0.05, 0) is 18.9 Å². The Labute approximate surface area is 145 Å². The summed E-state index contributed by atoms with van der Waals surface area (Å²) in [4.78, 5) is 17.8. The molecule has 0 aliphatic carbocycles. The van der Waals surface area contributed by atoms with Crippen LogP contribution < -0.4 is 0 Å². The van der Waals surface area contributed by atoms with Gasteiger partial charge in [-0.1, -0.05) is 51.9 Å². The molecule has 0 bridgehead atoms. The zero-order chi connectivity index (χ0) is 16.3. The van der Waals surface area contributed by atoms with E-state index in [4.69, 9.17) is 4.74 Å². The molecule has 21 heavy (non-hydrogen) atoms. The van der Waals surface area contributed by atoms with Crippen LogP contribution in [0, 0.1) is 0 Å². The van der Waals surface area contributed by atoms with E-state index in [-0.39, 0.29) is 11.7 Å². The van der Waals surface area contributed by atoms with Crippen LogP contribution in [0.1, 0.15) is 64.7 Å². The Morgan fingerprint density at radius 3 is 1.95 bits per heavy atom. The summed E-state index contributed by atoms with van der Waals surface area (Å²) in [5.41, 5.74) is 0. The van der Waals surface area contributed by atoms with Gasteiger partial charge in [0.15, 0.2) is 0 Å². The van der Waals surface area contributed by atoms with Crippen LogP contribution in [0.15, 0.2) is 12.3 Å². The third-order valence-corrected chi connectivity index (χ3v) is 2.91. The SMILES string of the molecule is CCCCCCCCCCC=COC(=O)CS.[CH3][Sn]([CH3])[CH3]. The van der Waals surface area contributed by atoms with Gasteiger partial charge in [0.2, 0.25) is 0 Å². The Kier molecular flexibility index (Phi) is 22.9. The normalized spacial score (nSPS) is 10.6. The summed E-state index contributed by atoms with van der Waals surface area (Å²) < 4.78 is 4.77. The topological polar surface area (TPSA) is 26.3 Å². The molecule has 0 saturated heterocycles. The Bertz CT molecular complexity index is 240. The number of hydrogen-bond donors (Lipinski definition) is 1. The molecule has 0 aromatic rings. The molecular formula is C17H35O2SSn. The summed E-state index contributed by atoms with van der Waals surface area (Å²) in [6, 6.07) is 0. The molecule has 0 aliphatic heterocycles. The van der Waals surface area contributed by atoms with E-state index < -0.39 is 19.8 Å². The number of carbonyl (C=O) groups excluding carboxylic acids is 1. The minimum atomic E-state index is -0.543. The number of allylic oxidation sites excluding steroid dienone is 1. The standard InChI is InChI=1S/C14H26O2S.3CH3.Sn/c1-2-3-4-5-6-7-8-9-10-11-12-16-14(15)13-17;;;;/h11-12,17H,2-10,13H2,1H3;3*1H3;. The fraction of sp³-hybridized carbons (Fsp3) is 0.824. The number of ether oxygens (including phenoxy) is 1. The molecule has 125 valence electrons. The summed E-state index contributed by atoms with van der Waals surface area (Å²) in [5.74, 6) is -0.150. The van der Waals surface area contributed by atoms with Crippen molar-refractivity contribution in [1.82, 2.24) is 0 Å². The summed E-state index contributed by atoms with van der Waals surface area (Å²) in [7, 11) is 0. The first-order valence-electron chi connectivity index (χ1n) is 8.26. The fourth-order valence-corrected chi connectivity index (χ4v) is 1.70. The van der Waals surface area contributed by atoms with Crippen molar-refractivity contribution >= 4 is 38.4 Å². The third-order valence-electron chi connectivity index (χ3n) is 2.65. The molecule has 2 nitrogen and oxygen atoms in total. The summed E-state index contributed by atoms with van der Waals surface area (Å²) in [6.07, 6.45) is 15.0. The van der Waals surface area contributed by atoms with Gasteiger partial charge in [-0.3, -0.25) is 4.79 Å². The van der Waals surface area contributed by atoms with Crippen molar-refractivity contribution in [2.75, 3.05) is 5.75 Å². The van der Waals surface area contributed by atoms with Gasteiger partial charge in [0.25, 0.3) is 0 Å². The molecule has 0 unspecified atom stereocenters. The zero-order valence-corrected chi connectivity index (χ0v) is 18.2. The van der Waals surface area contributed by atoms with Crippen molar-refractivity contribution < 1.29 is 9.53 Å². The fourth-order valence-electron chi connectivity index (χ4n) is 1.63. The van der Waals surface area contributed by atoms with Crippen molar-refractivity contribution in [2.45, 2.75) is 79.5 Å². The molecule has 0 aromatic heterocycles. The van der Waals surface area contributed by atoms with Gasteiger partial charge in [-0.15, -0.1) is 0 Å². The van der Waals surface area contributed by atoms with Crippen molar-refractivity contribution in [1.29, 1.82) is 0 Å². The van der Waals surface area contributed by atoms with Crippen molar-refractivity contribution in [3.63, 3.8) is 0 Å². The van der Waals surface area contributed by atoms with Gasteiger partial charge in [-0.2, -0.15) is 12.6 Å². The first-order chi connectivity index (χ1) is 10.0. The first-order valence-corrected chi connectivity index (χ1v) is 17.5. The number of thiol groups is 1. The second-order valence-corrected chi connectivity index (χ2v) is 14.7. The zero-order valence-electron chi connectivity index (χ0n) is 14.5. The maximum absolute atomic E-state index is 10.7. The van der Waals surface area contributed by atoms with Crippen molar-refractivity contribution in [2.24, 2.45) is 0 Å². The number of unbranched alkanes of at least 4 members (excludes halogenated alkanes) is 8. The second kappa shape index (κ2) is 20.4. The molecule has 0 spiro atoms. The van der Waals surface area contributed by atoms with E-state index >= 15 is 0 Å². The van der Waals surface area contributed by atoms with Crippen LogP contribution in [-0.2, 0) is 9.53 Å². The average molecular weight is 422 g/mol. The van der Waals surface area contributed by atoms with E-state index in [1.165, 1.54) is 57.6 Å². The summed E-state index contributed by atoms with van der Waals surface area (Å²) >= 11 is 3.27. The molecule has 0 aromatic carbocycles. The van der Waals surface area contributed by atoms with E-state index in [1.807, 2.05) is 6.08 Å². The van der Waals surface area contributed by atoms with Crippen molar-refractivity contribution in [3.8, 4) is 0 Å². The monoisotopic (exact) mass is 423 g/mol. The van der Waals surface area contributed by atoms with Gasteiger partial charge in [0, 0.05) is 0 Å². The molecule has 0 atom stereocenters. The number of rotatable bonds is 11. The molecule has 0 N–H and O–H groups in total. The predicted molar refractivity (Wildman–Crippen MR) is 99.7 cm³/mol. The van der Waals surface area contributed by atoms with Gasteiger partial charge < -0.3 is 4.74 Å². The Hall–Kier alpha value is 0.359. The molecule has 0 fully saturated rings. The number of esters is 1. The van der Waals surface area contributed by atoms with E-state index in [1.54, 1.807) is 0 Å². The Morgan fingerprint density at radius 2 is 1.48 bits per heavy atom. The number of hydrogen-bond acceptors (Lipinski definition) is 3. The minimum absolute atomic E-state index is 0.141. The number of carbonyl (C=O) groups is 1. The molecule has 0 amide bonds. The van der Waals surface area contributed by atoms with Crippen LogP contribution in [-0.4, -0.2) is 31.5 Å². The molecule has 0 saturated carbocycles. The Balaban J connectivity index is 0. The quantitative estimate of drug-likeness (QED) is 0.148. The molecule has 1 radical (unpaired) electrons. The third kappa shape index (κ3) is 29.1. The van der Waals surface area contributed by atoms with E-state index in [0.29, 0.717) is 0 Å². The first kappa shape index (κ1) is 23.6. The van der Waals surface area contributed by atoms with Gasteiger partial charge in [0.1, 0.15) is 0 Å².